The summed E-state index contributed by atoms with van der Waals surface area (Å²) in [5.74, 6) is 0. The van der Waals surface area contributed by atoms with Gasteiger partial charge in [0.1, 0.15) is 5.22 Å². The van der Waals surface area contributed by atoms with Gasteiger partial charge in [0, 0.05) is 0 Å². The smallest absolute Gasteiger partial charge is 0.109 e. The molecule has 0 spiro atoms. The molecule has 1 aliphatic rings. The number of ether oxygens (including phenoxy) is 1. The predicted octanol–water partition coefficient (Wildman–Crippen LogP) is 4.91. The Labute approximate surface area is 127 Å². The first-order valence-electron chi connectivity index (χ1n) is 8.76. The fourth-order valence-corrected chi connectivity index (χ4v) is 6.28. The van der Waals surface area contributed by atoms with Crippen LogP contribution >= 0.6 is 0 Å². The molecule has 2 nitrogen and oxygen atoms in total. The molecule has 0 aromatic rings. The second kappa shape index (κ2) is 7.95. The van der Waals surface area contributed by atoms with Crippen LogP contribution in [0.5, 0.6) is 0 Å². The van der Waals surface area contributed by atoms with Crippen molar-refractivity contribution in [3.63, 3.8) is 0 Å². The monoisotopic (exact) mass is 300 g/mol. The van der Waals surface area contributed by atoms with Gasteiger partial charge in [0.15, 0.2) is 0 Å². The van der Waals surface area contributed by atoms with Gasteiger partial charge >= 0.3 is 0 Å². The minimum Gasteiger partial charge on any atom is -0.390 e. The zero-order chi connectivity index (χ0) is 15.2. The Hall–Kier alpha value is 0.137. The quantitative estimate of drug-likeness (QED) is 0.334. The second-order valence-electron chi connectivity index (χ2n) is 7.51. The van der Waals surface area contributed by atoms with Gasteiger partial charge in [0.05, 0.1) is 20.3 Å². The van der Waals surface area contributed by atoms with Gasteiger partial charge in [-0.15, -0.1) is 0 Å². The molecule has 1 heterocycles. The van der Waals surface area contributed by atoms with Crippen LogP contribution in [-0.2, 0) is 4.74 Å². The largest absolute Gasteiger partial charge is 0.390 e. The maximum absolute atomic E-state index is 10.5. The van der Waals surface area contributed by atoms with Crippen molar-refractivity contribution >= 4 is 8.07 Å². The predicted molar refractivity (Wildman–Crippen MR) is 89.9 cm³/mol. The zero-order valence-corrected chi connectivity index (χ0v) is 15.4. The van der Waals surface area contributed by atoms with Gasteiger partial charge in [0.25, 0.3) is 0 Å². The SMILES string of the molecule is CCCCCCCC[C@H]1O[C@]1(C(O)CCC)[Si](C)(C)C. The number of epoxide rings is 1. The van der Waals surface area contributed by atoms with E-state index in [1.807, 2.05) is 0 Å². The highest BCUT2D eigenvalue weighted by Crippen LogP contribution is 2.50. The van der Waals surface area contributed by atoms with Gasteiger partial charge in [-0.25, -0.2) is 0 Å². The van der Waals surface area contributed by atoms with Gasteiger partial charge in [-0.05, 0) is 12.8 Å². The summed E-state index contributed by atoms with van der Waals surface area (Å²) < 4.78 is 6.12. The van der Waals surface area contributed by atoms with Crippen LogP contribution in [-0.4, -0.2) is 30.6 Å². The van der Waals surface area contributed by atoms with Crippen LogP contribution in [0.25, 0.3) is 0 Å². The Morgan fingerprint density at radius 3 is 2.15 bits per heavy atom. The lowest BCUT2D eigenvalue weighted by molar-refractivity contribution is 0.102. The van der Waals surface area contributed by atoms with E-state index < -0.39 is 8.07 Å². The van der Waals surface area contributed by atoms with Crippen LogP contribution in [0.15, 0.2) is 0 Å². The molecule has 0 saturated carbocycles. The molecule has 0 aromatic carbocycles. The average molecular weight is 301 g/mol. The molecule has 0 radical (unpaired) electrons. The molecular formula is C17H36O2Si. The van der Waals surface area contributed by atoms with Crippen molar-refractivity contribution in [3.8, 4) is 0 Å². The minimum atomic E-state index is -1.49. The van der Waals surface area contributed by atoms with E-state index in [0.29, 0.717) is 6.10 Å². The Morgan fingerprint density at radius 2 is 1.60 bits per heavy atom. The maximum Gasteiger partial charge on any atom is 0.109 e. The summed E-state index contributed by atoms with van der Waals surface area (Å²) >= 11 is 0. The van der Waals surface area contributed by atoms with Crippen LogP contribution in [0.3, 0.4) is 0 Å². The van der Waals surface area contributed by atoms with E-state index in [4.69, 9.17) is 4.74 Å². The van der Waals surface area contributed by atoms with E-state index in [0.717, 1.165) is 19.3 Å². The van der Waals surface area contributed by atoms with Crippen molar-refractivity contribution in [2.75, 3.05) is 0 Å². The van der Waals surface area contributed by atoms with Gasteiger partial charge in [-0.1, -0.05) is 78.4 Å². The molecule has 1 rings (SSSR count). The lowest BCUT2D eigenvalue weighted by Gasteiger charge is -2.31. The summed E-state index contributed by atoms with van der Waals surface area (Å²) in [7, 11) is -1.49. The molecule has 0 amide bonds. The van der Waals surface area contributed by atoms with Crippen LogP contribution < -0.4 is 0 Å². The Kier molecular flexibility index (Phi) is 7.23. The molecule has 0 aromatic heterocycles. The van der Waals surface area contributed by atoms with Crippen LogP contribution in [0.4, 0.5) is 0 Å². The fraction of sp³-hybridized carbons (Fsp3) is 1.00. The number of unbranched alkanes of at least 4 members (excludes halogenated alkanes) is 5. The van der Waals surface area contributed by atoms with Gasteiger partial charge in [-0.3, -0.25) is 0 Å². The third-order valence-corrected chi connectivity index (χ3v) is 7.93. The summed E-state index contributed by atoms with van der Waals surface area (Å²) in [5, 5.41) is 10.4. The number of hydrogen-bond acceptors (Lipinski definition) is 2. The fourth-order valence-electron chi connectivity index (χ4n) is 3.53. The molecule has 120 valence electrons. The first-order valence-corrected chi connectivity index (χ1v) is 12.3. The van der Waals surface area contributed by atoms with Gasteiger partial charge in [0.2, 0.25) is 0 Å². The number of aliphatic hydroxyl groups is 1. The molecule has 0 aliphatic carbocycles. The third-order valence-electron chi connectivity index (χ3n) is 4.81. The van der Waals surface area contributed by atoms with Gasteiger partial charge in [-0.2, -0.15) is 0 Å². The van der Waals surface area contributed by atoms with Crippen LogP contribution in [0.1, 0.15) is 71.6 Å². The Bertz CT molecular complexity index is 275. The third kappa shape index (κ3) is 4.31. The standard InChI is InChI=1S/C17H36O2Si/c1-6-8-9-10-11-12-14-16-17(19-16,20(3,4)5)15(18)13-7-2/h15-16,18H,6-14H2,1-5H3/t15?,16-,17-/m1/s1. The normalized spacial score (nSPS) is 27.6. The lowest BCUT2D eigenvalue weighted by Crippen LogP contribution is -2.52. The second-order valence-corrected chi connectivity index (χ2v) is 12.8. The topological polar surface area (TPSA) is 32.8 Å². The summed E-state index contributed by atoms with van der Waals surface area (Å²) in [6.07, 6.45) is 11.2. The molecule has 1 aliphatic heterocycles. The van der Waals surface area contributed by atoms with Crippen molar-refractivity contribution in [2.45, 2.75) is 109 Å². The van der Waals surface area contributed by atoms with E-state index in [-0.39, 0.29) is 11.3 Å². The van der Waals surface area contributed by atoms with E-state index in [9.17, 15) is 5.11 Å². The molecule has 0 bridgehead atoms. The molecule has 1 N–H and O–H groups in total. The first-order chi connectivity index (χ1) is 9.40. The van der Waals surface area contributed by atoms with E-state index in [1.165, 1.54) is 38.5 Å². The van der Waals surface area contributed by atoms with Crippen molar-refractivity contribution in [1.29, 1.82) is 0 Å². The molecule has 3 atom stereocenters. The maximum atomic E-state index is 10.5. The van der Waals surface area contributed by atoms with Crippen molar-refractivity contribution < 1.29 is 9.84 Å². The zero-order valence-electron chi connectivity index (χ0n) is 14.4. The summed E-state index contributed by atoms with van der Waals surface area (Å²) in [5.41, 5.74) is 0. The molecule has 1 saturated heterocycles. The van der Waals surface area contributed by atoms with Crippen LogP contribution in [0.2, 0.25) is 19.6 Å². The van der Waals surface area contributed by atoms with E-state index >= 15 is 0 Å². The average Bonchev–Trinajstić information content (AvgIpc) is 3.09. The van der Waals surface area contributed by atoms with E-state index in [2.05, 4.69) is 33.5 Å². The summed E-state index contributed by atoms with van der Waals surface area (Å²) in [4.78, 5) is 0. The Morgan fingerprint density at radius 1 is 1.00 bits per heavy atom. The summed E-state index contributed by atoms with van der Waals surface area (Å²) in [6.45, 7) is 11.4. The van der Waals surface area contributed by atoms with E-state index in [1.54, 1.807) is 0 Å². The molecular weight excluding hydrogens is 264 g/mol. The Balaban J connectivity index is 2.37. The molecule has 1 fully saturated rings. The number of rotatable bonds is 11. The number of aliphatic hydroxyl groups excluding tert-OH is 1. The molecule has 1 unspecified atom stereocenters. The highest BCUT2D eigenvalue weighted by molar-refractivity contribution is 6.80. The highest BCUT2D eigenvalue weighted by Gasteiger charge is 2.67. The summed E-state index contributed by atoms with van der Waals surface area (Å²) in [6, 6.07) is 0. The van der Waals surface area contributed by atoms with Crippen molar-refractivity contribution in [2.24, 2.45) is 0 Å². The lowest BCUT2D eigenvalue weighted by atomic mass is 10.0. The highest BCUT2D eigenvalue weighted by atomic mass is 28.3. The molecule has 20 heavy (non-hydrogen) atoms. The van der Waals surface area contributed by atoms with Crippen LogP contribution in [0, 0.1) is 0 Å². The van der Waals surface area contributed by atoms with Crippen molar-refractivity contribution in [3.05, 3.63) is 0 Å². The minimum absolute atomic E-state index is 0.146. The molecule has 3 heteroatoms. The number of hydrogen-bond donors (Lipinski definition) is 1. The van der Waals surface area contributed by atoms with Gasteiger partial charge < -0.3 is 9.84 Å². The van der Waals surface area contributed by atoms with Crippen molar-refractivity contribution in [1.82, 2.24) is 0 Å². The first kappa shape index (κ1) is 18.2.